The molecular formula is C24H25FN4O4. The Morgan fingerprint density at radius 3 is 2.67 bits per heavy atom. The maximum atomic E-state index is 14.3. The first-order valence-corrected chi connectivity index (χ1v) is 10.8. The van der Waals surface area contributed by atoms with Gasteiger partial charge in [0.1, 0.15) is 5.82 Å². The Kier molecular flexibility index (Phi) is 6.50. The minimum Gasteiger partial charge on any atom is -0.376 e. The summed E-state index contributed by atoms with van der Waals surface area (Å²) in [6, 6.07) is 11.1. The molecule has 1 amide bonds. The van der Waals surface area contributed by atoms with E-state index in [9.17, 15) is 18.8 Å². The minimum absolute atomic E-state index is 0.125. The lowest BCUT2D eigenvalue weighted by Gasteiger charge is -2.14. The van der Waals surface area contributed by atoms with Crippen LogP contribution in [0.4, 0.5) is 4.39 Å². The number of carbonyl (C=O) groups is 1. The molecule has 8 nitrogen and oxygen atoms in total. The van der Waals surface area contributed by atoms with Crippen LogP contribution in [0.15, 0.2) is 52.1 Å². The van der Waals surface area contributed by atoms with E-state index in [0.717, 1.165) is 33.2 Å². The summed E-state index contributed by atoms with van der Waals surface area (Å²) in [6.45, 7) is 4.35. The Labute approximate surface area is 189 Å². The highest BCUT2D eigenvalue weighted by molar-refractivity contribution is 5.91. The van der Waals surface area contributed by atoms with Gasteiger partial charge in [-0.05, 0) is 56.0 Å². The van der Waals surface area contributed by atoms with Crippen LogP contribution in [0.3, 0.4) is 0 Å². The fourth-order valence-electron chi connectivity index (χ4n) is 3.71. The molecule has 0 radical (unpaired) electrons. The number of hydrogen-bond donors (Lipinski definition) is 1. The maximum Gasteiger partial charge on any atom is 0.352 e. The zero-order valence-electron chi connectivity index (χ0n) is 18.5. The monoisotopic (exact) mass is 452 g/mol. The van der Waals surface area contributed by atoms with Gasteiger partial charge >= 0.3 is 5.69 Å². The molecule has 1 aliphatic rings. The summed E-state index contributed by atoms with van der Waals surface area (Å²) in [5.41, 5.74) is 0.398. The molecule has 4 rings (SSSR count). The van der Waals surface area contributed by atoms with Crippen molar-refractivity contribution < 1.29 is 13.9 Å². The van der Waals surface area contributed by atoms with Crippen LogP contribution in [-0.2, 0) is 11.3 Å². The Morgan fingerprint density at radius 1 is 1.18 bits per heavy atom. The Morgan fingerprint density at radius 2 is 1.97 bits per heavy atom. The molecule has 33 heavy (non-hydrogen) atoms. The van der Waals surface area contributed by atoms with E-state index in [2.05, 4.69) is 10.4 Å². The highest BCUT2D eigenvalue weighted by atomic mass is 19.1. The van der Waals surface area contributed by atoms with E-state index in [4.69, 9.17) is 4.74 Å². The second kappa shape index (κ2) is 9.50. The second-order valence-corrected chi connectivity index (χ2v) is 8.14. The van der Waals surface area contributed by atoms with Crippen LogP contribution in [-0.4, -0.2) is 39.5 Å². The zero-order valence-corrected chi connectivity index (χ0v) is 18.5. The summed E-state index contributed by atoms with van der Waals surface area (Å²) >= 11 is 0. The smallest absolute Gasteiger partial charge is 0.352 e. The van der Waals surface area contributed by atoms with E-state index in [0.29, 0.717) is 12.3 Å². The minimum atomic E-state index is -0.881. The molecule has 0 unspecified atom stereocenters. The molecule has 1 atom stereocenters. The Hall–Kier alpha value is -3.59. The van der Waals surface area contributed by atoms with Gasteiger partial charge in [-0.1, -0.05) is 24.3 Å². The number of carbonyl (C=O) groups excluding carboxylic acids is 1. The van der Waals surface area contributed by atoms with Crippen molar-refractivity contribution in [2.24, 2.45) is 0 Å². The molecule has 1 N–H and O–H groups in total. The fourth-order valence-corrected chi connectivity index (χ4v) is 3.71. The number of aryl methyl sites for hydroxylation is 2. The maximum absolute atomic E-state index is 14.3. The average molecular weight is 452 g/mol. The van der Waals surface area contributed by atoms with E-state index in [1.54, 1.807) is 18.2 Å². The van der Waals surface area contributed by atoms with Crippen LogP contribution >= 0.6 is 0 Å². The van der Waals surface area contributed by atoms with E-state index >= 15 is 0 Å². The summed E-state index contributed by atoms with van der Waals surface area (Å²) < 4.78 is 21.6. The van der Waals surface area contributed by atoms with Gasteiger partial charge in [-0.15, -0.1) is 0 Å². The molecular weight excluding hydrogens is 427 g/mol. The molecule has 2 heterocycles. The molecule has 0 saturated carbocycles. The first-order valence-electron chi connectivity index (χ1n) is 10.8. The molecule has 172 valence electrons. The highest BCUT2D eigenvalue weighted by Crippen LogP contribution is 2.13. The largest absolute Gasteiger partial charge is 0.376 e. The van der Waals surface area contributed by atoms with Crippen LogP contribution in [0, 0.1) is 19.7 Å². The van der Waals surface area contributed by atoms with Gasteiger partial charge in [0.25, 0.3) is 11.5 Å². The molecule has 0 bridgehead atoms. The average Bonchev–Trinajstić information content (AvgIpc) is 3.32. The number of amides is 1. The number of nitrogens with zero attached hydrogens (tertiary/aromatic N) is 3. The van der Waals surface area contributed by atoms with E-state index in [-0.39, 0.29) is 24.8 Å². The van der Waals surface area contributed by atoms with Crippen LogP contribution in [0.1, 0.15) is 40.0 Å². The van der Waals surface area contributed by atoms with Gasteiger partial charge in [0.2, 0.25) is 5.69 Å². The first-order chi connectivity index (χ1) is 15.8. The van der Waals surface area contributed by atoms with Gasteiger partial charge in [0.15, 0.2) is 0 Å². The lowest BCUT2D eigenvalue weighted by molar-refractivity contribution is 0.0849. The van der Waals surface area contributed by atoms with Crippen molar-refractivity contribution in [1.29, 1.82) is 0 Å². The highest BCUT2D eigenvalue weighted by Gasteiger charge is 2.23. The number of rotatable bonds is 6. The number of hydrogen-bond acceptors (Lipinski definition) is 5. The molecule has 1 aromatic heterocycles. The van der Waals surface area contributed by atoms with Crippen molar-refractivity contribution in [2.75, 3.05) is 13.2 Å². The van der Waals surface area contributed by atoms with E-state index in [1.165, 1.54) is 18.2 Å². The summed E-state index contributed by atoms with van der Waals surface area (Å²) in [7, 11) is 0. The number of nitrogens with one attached hydrogen (secondary N) is 1. The SMILES string of the molecule is Cc1ccc(-n2nc(C(=O)NC[C@@H]3CCCO3)c(=O)n(Cc3ccccc3F)c2=O)cc1C. The summed E-state index contributed by atoms with van der Waals surface area (Å²) in [5, 5.41) is 6.78. The third kappa shape index (κ3) is 4.78. The third-order valence-electron chi connectivity index (χ3n) is 5.81. The quantitative estimate of drug-likeness (QED) is 0.618. The van der Waals surface area contributed by atoms with Gasteiger partial charge < -0.3 is 10.1 Å². The molecule has 1 saturated heterocycles. The van der Waals surface area contributed by atoms with Gasteiger partial charge in [-0.25, -0.2) is 9.18 Å². The topological polar surface area (TPSA) is 95.2 Å². The molecule has 0 spiro atoms. The second-order valence-electron chi connectivity index (χ2n) is 8.14. The normalized spacial score (nSPS) is 15.5. The number of ether oxygens (including phenoxy) is 1. The van der Waals surface area contributed by atoms with Gasteiger partial charge in [0.05, 0.1) is 18.3 Å². The third-order valence-corrected chi connectivity index (χ3v) is 5.81. The van der Waals surface area contributed by atoms with Crippen molar-refractivity contribution in [3.8, 4) is 5.69 Å². The van der Waals surface area contributed by atoms with Gasteiger partial charge in [-0.2, -0.15) is 9.78 Å². The van der Waals surface area contributed by atoms with Crippen molar-refractivity contribution in [2.45, 2.75) is 39.3 Å². The predicted octanol–water partition coefficient (Wildman–Crippen LogP) is 2.11. The van der Waals surface area contributed by atoms with E-state index < -0.39 is 28.7 Å². The van der Waals surface area contributed by atoms with Crippen molar-refractivity contribution in [3.63, 3.8) is 0 Å². The lowest BCUT2D eigenvalue weighted by atomic mass is 10.1. The van der Waals surface area contributed by atoms with Crippen LogP contribution < -0.4 is 16.6 Å². The molecule has 0 aliphatic carbocycles. The first kappa shape index (κ1) is 22.6. The van der Waals surface area contributed by atoms with Crippen molar-refractivity contribution >= 4 is 5.91 Å². The molecule has 2 aromatic carbocycles. The standard InChI is InChI=1S/C24H25FN4O4/c1-15-9-10-18(12-16(15)2)29-24(32)28(14-17-6-3-4-8-20(17)25)23(31)21(27-29)22(30)26-13-19-7-5-11-33-19/h3-4,6,8-10,12,19H,5,7,11,13-14H2,1-2H3,(H,26,30)/t19-/m0/s1. The zero-order chi connectivity index (χ0) is 23.5. The van der Waals surface area contributed by atoms with Crippen molar-refractivity contribution in [1.82, 2.24) is 19.7 Å². The summed E-state index contributed by atoms with van der Waals surface area (Å²) in [5.74, 6) is -1.27. The Balaban J connectivity index is 1.80. The fraction of sp³-hybridized carbons (Fsp3) is 0.333. The number of halogens is 1. The molecule has 1 fully saturated rings. The summed E-state index contributed by atoms with van der Waals surface area (Å²) in [4.78, 5) is 39.2. The Bertz CT molecular complexity index is 1310. The number of aromatic nitrogens is 3. The summed E-state index contributed by atoms with van der Waals surface area (Å²) in [6.07, 6.45) is 1.60. The molecule has 9 heteroatoms. The lowest BCUT2D eigenvalue weighted by Crippen LogP contribution is -2.46. The van der Waals surface area contributed by atoms with Gasteiger partial charge in [-0.3, -0.25) is 14.2 Å². The predicted molar refractivity (Wildman–Crippen MR) is 120 cm³/mol. The van der Waals surface area contributed by atoms with Crippen LogP contribution in [0.2, 0.25) is 0 Å². The molecule has 3 aromatic rings. The van der Waals surface area contributed by atoms with E-state index in [1.807, 2.05) is 19.9 Å². The van der Waals surface area contributed by atoms with Gasteiger partial charge in [0, 0.05) is 18.7 Å². The molecule has 1 aliphatic heterocycles. The van der Waals surface area contributed by atoms with Crippen LogP contribution in [0.25, 0.3) is 5.69 Å². The number of benzene rings is 2. The van der Waals surface area contributed by atoms with Crippen LogP contribution in [0.5, 0.6) is 0 Å². The van der Waals surface area contributed by atoms with Crippen molar-refractivity contribution in [3.05, 3.63) is 91.5 Å².